The minimum Gasteiger partial charge on any atom is -0.396 e. The molecule has 0 saturated heterocycles. The van der Waals surface area contributed by atoms with Gasteiger partial charge >= 0.3 is 0 Å². The number of aliphatic hydroxyl groups is 2. The van der Waals surface area contributed by atoms with Gasteiger partial charge in [-0.3, -0.25) is 0 Å². The van der Waals surface area contributed by atoms with E-state index in [1.165, 1.54) is 19.3 Å². The van der Waals surface area contributed by atoms with Crippen molar-refractivity contribution < 1.29 is 10.2 Å². The second kappa shape index (κ2) is 6.21. The molecule has 1 fully saturated rings. The van der Waals surface area contributed by atoms with Gasteiger partial charge in [0.1, 0.15) is 0 Å². The van der Waals surface area contributed by atoms with E-state index in [1.807, 2.05) is 0 Å². The average Bonchev–Trinajstić information content (AvgIpc) is 2.22. The molecule has 0 spiro atoms. The lowest BCUT2D eigenvalue weighted by atomic mass is 9.75. The molecule has 0 aromatic heterocycles. The zero-order valence-electron chi connectivity index (χ0n) is 7.76. The van der Waals surface area contributed by atoms with Crippen molar-refractivity contribution in [2.75, 3.05) is 13.2 Å². The van der Waals surface area contributed by atoms with Gasteiger partial charge in [-0.1, -0.05) is 19.3 Å². The Balaban J connectivity index is 0.000000561. The monoisotopic (exact) mass is 172 g/mol. The third kappa shape index (κ3) is 2.95. The van der Waals surface area contributed by atoms with Crippen molar-refractivity contribution in [2.24, 2.45) is 5.41 Å². The highest BCUT2D eigenvalue weighted by Gasteiger charge is 2.30. The minimum atomic E-state index is -0.127. The topological polar surface area (TPSA) is 40.5 Å². The largest absolute Gasteiger partial charge is 0.396 e. The molecule has 1 rings (SSSR count). The highest BCUT2D eigenvalue weighted by molar-refractivity contribution is 4.80. The van der Waals surface area contributed by atoms with E-state index in [1.54, 1.807) is 0 Å². The maximum atomic E-state index is 8.98. The second-order valence-electron chi connectivity index (χ2n) is 3.38. The van der Waals surface area contributed by atoms with Crippen LogP contribution in [0.15, 0.2) is 13.2 Å². The van der Waals surface area contributed by atoms with Crippen molar-refractivity contribution in [3.8, 4) is 0 Å². The summed E-state index contributed by atoms with van der Waals surface area (Å²) in [5, 5.41) is 18.0. The van der Waals surface area contributed by atoms with E-state index < -0.39 is 0 Å². The lowest BCUT2D eigenvalue weighted by Crippen LogP contribution is -2.31. The maximum absolute atomic E-state index is 8.98. The van der Waals surface area contributed by atoms with Crippen molar-refractivity contribution in [2.45, 2.75) is 32.1 Å². The molecule has 0 bridgehead atoms. The van der Waals surface area contributed by atoms with Gasteiger partial charge in [-0.05, 0) is 12.8 Å². The van der Waals surface area contributed by atoms with Gasteiger partial charge in [0.05, 0.1) is 13.2 Å². The van der Waals surface area contributed by atoms with Crippen LogP contribution in [0.1, 0.15) is 32.1 Å². The number of hydrogen-bond donors (Lipinski definition) is 2. The van der Waals surface area contributed by atoms with Crippen LogP contribution in [0.5, 0.6) is 0 Å². The van der Waals surface area contributed by atoms with Crippen LogP contribution in [0, 0.1) is 5.41 Å². The SMILES string of the molecule is C=C.OCC1(CO)CCCCC1. The van der Waals surface area contributed by atoms with Crippen LogP contribution < -0.4 is 0 Å². The fourth-order valence-corrected chi connectivity index (χ4v) is 1.67. The zero-order chi connectivity index (χ0) is 9.45. The van der Waals surface area contributed by atoms with Gasteiger partial charge < -0.3 is 10.2 Å². The van der Waals surface area contributed by atoms with Gasteiger partial charge in [-0.2, -0.15) is 0 Å². The molecule has 0 radical (unpaired) electrons. The van der Waals surface area contributed by atoms with Gasteiger partial charge in [0.2, 0.25) is 0 Å². The quantitative estimate of drug-likeness (QED) is 0.623. The van der Waals surface area contributed by atoms with E-state index in [2.05, 4.69) is 13.2 Å². The first-order valence-corrected chi connectivity index (χ1v) is 4.55. The Morgan fingerprint density at radius 2 is 1.33 bits per heavy atom. The molecule has 2 nitrogen and oxygen atoms in total. The highest BCUT2D eigenvalue weighted by atomic mass is 16.3. The summed E-state index contributed by atoms with van der Waals surface area (Å²) < 4.78 is 0. The van der Waals surface area contributed by atoms with Gasteiger partial charge in [0.25, 0.3) is 0 Å². The number of rotatable bonds is 2. The summed E-state index contributed by atoms with van der Waals surface area (Å²) in [6, 6.07) is 0. The summed E-state index contributed by atoms with van der Waals surface area (Å²) in [7, 11) is 0. The Morgan fingerprint density at radius 1 is 0.917 bits per heavy atom. The Morgan fingerprint density at radius 3 is 1.58 bits per heavy atom. The van der Waals surface area contributed by atoms with E-state index in [0.717, 1.165) is 12.8 Å². The Hall–Kier alpha value is -0.340. The molecule has 0 aliphatic heterocycles. The minimum absolute atomic E-state index is 0.127. The van der Waals surface area contributed by atoms with Gasteiger partial charge in [-0.15, -0.1) is 13.2 Å². The summed E-state index contributed by atoms with van der Waals surface area (Å²) in [4.78, 5) is 0. The Kier molecular flexibility index (Phi) is 6.03. The van der Waals surface area contributed by atoms with Crippen LogP contribution in [-0.2, 0) is 0 Å². The van der Waals surface area contributed by atoms with Crippen molar-refractivity contribution in [3.63, 3.8) is 0 Å². The van der Waals surface area contributed by atoms with Gasteiger partial charge in [-0.25, -0.2) is 0 Å². The van der Waals surface area contributed by atoms with Crippen molar-refractivity contribution in [1.29, 1.82) is 0 Å². The molecule has 0 aromatic rings. The standard InChI is InChI=1S/C8H16O2.C2H4/c9-6-8(7-10)4-2-1-3-5-8;1-2/h9-10H,1-7H2;1-2H2. The van der Waals surface area contributed by atoms with Crippen molar-refractivity contribution in [3.05, 3.63) is 13.2 Å². The van der Waals surface area contributed by atoms with Crippen molar-refractivity contribution >= 4 is 0 Å². The summed E-state index contributed by atoms with van der Waals surface area (Å²) in [6.07, 6.45) is 5.60. The number of aliphatic hydroxyl groups excluding tert-OH is 2. The maximum Gasteiger partial charge on any atom is 0.0509 e. The molecule has 2 heteroatoms. The molecule has 0 aromatic carbocycles. The summed E-state index contributed by atoms with van der Waals surface area (Å²) >= 11 is 0. The molecule has 0 atom stereocenters. The second-order valence-corrected chi connectivity index (χ2v) is 3.38. The van der Waals surface area contributed by atoms with Crippen molar-refractivity contribution in [1.82, 2.24) is 0 Å². The van der Waals surface area contributed by atoms with E-state index in [4.69, 9.17) is 10.2 Å². The van der Waals surface area contributed by atoms with Gasteiger partial charge in [0, 0.05) is 5.41 Å². The Bertz CT molecular complexity index is 100. The van der Waals surface area contributed by atoms with E-state index >= 15 is 0 Å². The lowest BCUT2D eigenvalue weighted by Gasteiger charge is -2.33. The zero-order valence-corrected chi connectivity index (χ0v) is 7.76. The third-order valence-corrected chi connectivity index (χ3v) is 2.59. The molecule has 1 saturated carbocycles. The molecular formula is C10H20O2. The van der Waals surface area contributed by atoms with Crippen LogP contribution in [0.4, 0.5) is 0 Å². The predicted molar refractivity (Wildman–Crippen MR) is 50.9 cm³/mol. The highest BCUT2D eigenvalue weighted by Crippen LogP contribution is 2.34. The smallest absolute Gasteiger partial charge is 0.0509 e. The average molecular weight is 172 g/mol. The first-order valence-electron chi connectivity index (χ1n) is 4.55. The summed E-state index contributed by atoms with van der Waals surface area (Å²) in [6.45, 7) is 6.31. The van der Waals surface area contributed by atoms with Gasteiger partial charge in [0.15, 0.2) is 0 Å². The molecule has 0 amide bonds. The Labute approximate surface area is 74.9 Å². The number of hydrogen-bond acceptors (Lipinski definition) is 2. The fraction of sp³-hybridized carbons (Fsp3) is 0.800. The normalized spacial score (nSPS) is 20.8. The van der Waals surface area contributed by atoms with Crippen LogP contribution in [-0.4, -0.2) is 23.4 Å². The van der Waals surface area contributed by atoms with E-state index in [-0.39, 0.29) is 18.6 Å². The van der Waals surface area contributed by atoms with Crippen LogP contribution in [0.3, 0.4) is 0 Å². The fourth-order valence-electron chi connectivity index (χ4n) is 1.67. The molecule has 0 heterocycles. The predicted octanol–water partition coefficient (Wildman–Crippen LogP) is 1.72. The summed E-state index contributed by atoms with van der Waals surface area (Å²) in [5.74, 6) is 0. The van der Waals surface area contributed by atoms with E-state index in [0.29, 0.717) is 0 Å². The first-order chi connectivity index (χ1) is 5.83. The molecule has 2 N–H and O–H groups in total. The first kappa shape index (κ1) is 11.7. The lowest BCUT2D eigenvalue weighted by molar-refractivity contribution is 0.0234. The molecule has 1 aliphatic rings. The summed E-state index contributed by atoms with van der Waals surface area (Å²) in [5.41, 5.74) is -0.127. The molecule has 72 valence electrons. The molecular weight excluding hydrogens is 152 g/mol. The van der Waals surface area contributed by atoms with Crippen LogP contribution in [0.25, 0.3) is 0 Å². The van der Waals surface area contributed by atoms with Crippen LogP contribution in [0.2, 0.25) is 0 Å². The molecule has 1 aliphatic carbocycles. The van der Waals surface area contributed by atoms with Crippen LogP contribution >= 0.6 is 0 Å². The molecule has 12 heavy (non-hydrogen) atoms. The third-order valence-electron chi connectivity index (χ3n) is 2.59. The van der Waals surface area contributed by atoms with E-state index in [9.17, 15) is 0 Å². The molecule has 0 unspecified atom stereocenters.